The molecule has 1 atom stereocenters. The van der Waals surface area contributed by atoms with Gasteiger partial charge in [0.1, 0.15) is 0 Å². The van der Waals surface area contributed by atoms with E-state index in [-0.39, 0.29) is 0 Å². The maximum absolute atomic E-state index is 3.70. The largest absolute Gasteiger partial charge is 0.310 e. The molecule has 0 aliphatic heterocycles. The van der Waals surface area contributed by atoms with E-state index in [9.17, 15) is 0 Å². The fraction of sp³-hybridized carbons (Fsp3) is 0.412. The first-order valence-electron chi connectivity index (χ1n) is 7.21. The van der Waals surface area contributed by atoms with Crippen LogP contribution in [0.1, 0.15) is 42.5 Å². The average Bonchev–Trinajstić information content (AvgIpc) is 2.95. The third kappa shape index (κ3) is 4.44. The van der Waals surface area contributed by atoms with Crippen molar-refractivity contribution < 1.29 is 0 Å². The highest BCUT2D eigenvalue weighted by molar-refractivity contribution is 9.10. The van der Waals surface area contributed by atoms with Crippen molar-refractivity contribution in [3.8, 4) is 0 Å². The van der Waals surface area contributed by atoms with Crippen molar-refractivity contribution in [1.29, 1.82) is 0 Å². The van der Waals surface area contributed by atoms with E-state index < -0.39 is 0 Å². The van der Waals surface area contributed by atoms with E-state index in [4.69, 9.17) is 0 Å². The molecule has 1 aromatic carbocycles. The number of aryl methyl sites for hydroxylation is 2. The van der Waals surface area contributed by atoms with Crippen LogP contribution in [-0.2, 0) is 6.42 Å². The van der Waals surface area contributed by atoms with Crippen LogP contribution in [0.4, 0.5) is 0 Å². The first-order chi connectivity index (χ1) is 9.70. The Morgan fingerprint density at radius 1 is 1.30 bits per heavy atom. The minimum Gasteiger partial charge on any atom is -0.310 e. The number of thiophene rings is 1. The number of hydrogen-bond donors (Lipinski definition) is 1. The molecule has 0 aliphatic carbocycles. The van der Waals surface area contributed by atoms with E-state index in [2.05, 4.69) is 70.1 Å². The Kier molecular flexibility index (Phi) is 6.27. The number of nitrogens with one attached hydrogen (secondary N) is 1. The number of halogens is 1. The van der Waals surface area contributed by atoms with Gasteiger partial charge in [-0.25, -0.2) is 0 Å². The molecule has 3 heteroatoms. The Labute approximate surface area is 134 Å². The number of hydrogen-bond acceptors (Lipinski definition) is 2. The van der Waals surface area contributed by atoms with Crippen LogP contribution in [0.3, 0.4) is 0 Å². The van der Waals surface area contributed by atoms with Crippen LogP contribution in [0.15, 0.2) is 39.5 Å². The average molecular weight is 352 g/mol. The third-order valence-electron chi connectivity index (χ3n) is 3.47. The van der Waals surface area contributed by atoms with Crippen LogP contribution < -0.4 is 5.32 Å². The molecule has 0 spiro atoms. The standard InChI is InChI=1S/C17H22BrNS/c1-3-9-19-17(7-5-14-8-10-20-12-14)15-11-13(2)4-6-16(15)18/h4,6,8,10-12,17,19H,3,5,7,9H2,1-2H3. The van der Waals surface area contributed by atoms with Gasteiger partial charge in [-0.2, -0.15) is 11.3 Å². The summed E-state index contributed by atoms with van der Waals surface area (Å²) in [4.78, 5) is 0. The quantitative estimate of drug-likeness (QED) is 0.694. The van der Waals surface area contributed by atoms with Gasteiger partial charge in [0.25, 0.3) is 0 Å². The van der Waals surface area contributed by atoms with Gasteiger partial charge in [-0.3, -0.25) is 0 Å². The fourth-order valence-corrected chi connectivity index (χ4v) is 3.59. The van der Waals surface area contributed by atoms with E-state index in [1.165, 1.54) is 27.6 Å². The maximum Gasteiger partial charge on any atom is 0.0334 e. The van der Waals surface area contributed by atoms with Crippen LogP contribution in [0.25, 0.3) is 0 Å². The zero-order valence-corrected chi connectivity index (χ0v) is 14.6. The third-order valence-corrected chi connectivity index (χ3v) is 4.92. The normalized spacial score (nSPS) is 12.6. The Bertz CT molecular complexity index is 522. The highest BCUT2D eigenvalue weighted by atomic mass is 79.9. The molecule has 1 nitrogen and oxygen atoms in total. The molecule has 1 heterocycles. The summed E-state index contributed by atoms with van der Waals surface area (Å²) in [6.07, 6.45) is 3.43. The molecule has 20 heavy (non-hydrogen) atoms. The van der Waals surface area contributed by atoms with Crippen molar-refractivity contribution >= 4 is 27.3 Å². The van der Waals surface area contributed by atoms with Gasteiger partial charge in [0.2, 0.25) is 0 Å². The Balaban J connectivity index is 2.11. The van der Waals surface area contributed by atoms with Crippen LogP contribution in [0, 0.1) is 6.92 Å². The van der Waals surface area contributed by atoms with Gasteiger partial charge in [0.05, 0.1) is 0 Å². The van der Waals surface area contributed by atoms with Crippen LogP contribution in [-0.4, -0.2) is 6.54 Å². The van der Waals surface area contributed by atoms with Gasteiger partial charge < -0.3 is 5.32 Å². The molecular formula is C17H22BrNS. The summed E-state index contributed by atoms with van der Waals surface area (Å²) >= 11 is 5.48. The molecule has 0 bridgehead atoms. The van der Waals surface area contributed by atoms with E-state index in [0.29, 0.717) is 6.04 Å². The molecular weight excluding hydrogens is 330 g/mol. The first-order valence-corrected chi connectivity index (χ1v) is 8.94. The highest BCUT2D eigenvalue weighted by Crippen LogP contribution is 2.28. The van der Waals surface area contributed by atoms with Crippen molar-refractivity contribution in [2.45, 2.75) is 39.2 Å². The van der Waals surface area contributed by atoms with Crippen molar-refractivity contribution in [3.05, 3.63) is 56.2 Å². The summed E-state index contributed by atoms with van der Waals surface area (Å²) in [5.41, 5.74) is 4.15. The van der Waals surface area contributed by atoms with E-state index >= 15 is 0 Å². The van der Waals surface area contributed by atoms with Gasteiger partial charge >= 0.3 is 0 Å². The molecule has 1 aromatic heterocycles. The summed E-state index contributed by atoms with van der Waals surface area (Å²) < 4.78 is 1.21. The SMILES string of the molecule is CCCNC(CCc1ccsc1)c1cc(C)ccc1Br. The first kappa shape index (κ1) is 15.7. The summed E-state index contributed by atoms with van der Waals surface area (Å²) in [6, 6.07) is 9.26. The zero-order valence-electron chi connectivity index (χ0n) is 12.2. The predicted octanol–water partition coefficient (Wildman–Crippen LogP) is 5.49. The van der Waals surface area contributed by atoms with E-state index in [1.807, 2.05) is 0 Å². The maximum atomic E-state index is 3.70. The summed E-state index contributed by atoms with van der Waals surface area (Å²) in [7, 11) is 0. The van der Waals surface area contributed by atoms with E-state index in [0.717, 1.165) is 19.4 Å². The van der Waals surface area contributed by atoms with Gasteiger partial charge in [-0.1, -0.05) is 40.5 Å². The summed E-state index contributed by atoms with van der Waals surface area (Å²) in [5.74, 6) is 0. The minimum atomic E-state index is 0.420. The smallest absolute Gasteiger partial charge is 0.0334 e. The van der Waals surface area contributed by atoms with Gasteiger partial charge in [0.15, 0.2) is 0 Å². The molecule has 0 saturated carbocycles. The molecule has 108 valence electrons. The number of benzene rings is 1. The zero-order chi connectivity index (χ0) is 14.4. The lowest BCUT2D eigenvalue weighted by atomic mass is 9.98. The minimum absolute atomic E-state index is 0.420. The topological polar surface area (TPSA) is 12.0 Å². The van der Waals surface area contributed by atoms with Crippen molar-refractivity contribution in [3.63, 3.8) is 0 Å². The van der Waals surface area contributed by atoms with Crippen molar-refractivity contribution in [2.75, 3.05) is 6.54 Å². The molecule has 2 aromatic rings. The fourth-order valence-electron chi connectivity index (χ4n) is 2.36. The molecule has 0 aliphatic rings. The van der Waals surface area contributed by atoms with Crippen molar-refractivity contribution in [1.82, 2.24) is 5.32 Å². The Hall–Kier alpha value is -0.640. The van der Waals surface area contributed by atoms with Gasteiger partial charge in [-0.05, 0) is 66.8 Å². The van der Waals surface area contributed by atoms with E-state index in [1.54, 1.807) is 11.3 Å². The Morgan fingerprint density at radius 2 is 2.15 bits per heavy atom. The second-order valence-corrected chi connectivity index (χ2v) is 6.84. The lowest BCUT2D eigenvalue weighted by Crippen LogP contribution is -2.23. The van der Waals surface area contributed by atoms with Crippen LogP contribution in [0.2, 0.25) is 0 Å². The second kappa shape index (κ2) is 7.96. The molecule has 0 saturated heterocycles. The molecule has 2 rings (SSSR count). The summed E-state index contributed by atoms with van der Waals surface area (Å²) in [5, 5.41) is 8.10. The van der Waals surface area contributed by atoms with Crippen LogP contribution in [0.5, 0.6) is 0 Å². The Morgan fingerprint density at radius 3 is 2.85 bits per heavy atom. The predicted molar refractivity (Wildman–Crippen MR) is 92.6 cm³/mol. The van der Waals surface area contributed by atoms with Crippen LogP contribution >= 0.6 is 27.3 Å². The molecule has 0 fully saturated rings. The van der Waals surface area contributed by atoms with Gasteiger partial charge in [0, 0.05) is 10.5 Å². The van der Waals surface area contributed by atoms with Crippen molar-refractivity contribution in [2.24, 2.45) is 0 Å². The molecule has 0 amide bonds. The van der Waals surface area contributed by atoms with Gasteiger partial charge in [-0.15, -0.1) is 0 Å². The molecule has 1 unspecified atom stereocenters. The second-order valence-electron chi connectivity index (χ2n) is 5.20. The number of rotatable bonds is 7. The summed E-state index contributed by atoms with van der Waals surface area (Å²) in [6.45, 7) is 5.44. The monoisotopic (exact) mass is 351 g/mol. The molecule has 1 N–H and O–H groups in total. The lowest BCUT2D eigenvalue weighted by molar-refractivity contribution is 0.498. The lowest BCUT2D eigenvalue weighted by Gasteiger charge is -2.21. The molecule has 0 radical (unpaired) electrons. The highest BCUT2D eigenvalue weighted by Gasteiger charge is 2.14.